The second kappa shape index (κ2) is 23.3. The molecule has 3 aliphatic rings. The van der Waals surface area contributed by atoms with E-state index < -0.39 is 28.6 Å². The highest BCUT2D eigenvalue weighted by atomic mass is 35.5. The van der Waals surface area contributed by atoms with Crippen LogP contribution in [0.15, 0.2) is 110 Å². The average Bonchev–Trinajstić information content (AvgIpc) is 3.30. The molecule has 0 spiro atoms. The number of aliphatic hydroxyl groups is 3. The zero-order valence-electron chi connectivity index (χ0n) is 37.0. The van der Waals surface area contributed by atoms with Crippen LogP contribution in [-0.2, 0) is 0 Å². The van der Waals surface area contributed by atoms with E-state index in [0.717, 1.165) is 66.3 Å². The molecule has 10 nitrogen and oxygen atoms in total. The van der Waals surface area contributed by atoms with E-state index in [-0.39, 0.29) is 17.9 Å². The number of carbonyl (C=O) groups excluding carboxylic acids is 2. The molecule has 13 heteroatoms. The molecule has 0 bridgehead atoms. The summed E-state index contributed by atoms with van der Waals surface area (Å²) in [6.07, 6.45) is 15.1. The lowest BCUT2D eigenvalue weighted by molar-refractivity contribution is 0.0513. The number of pyridine rings is 2. The second-order valence-electron chi connectivity index (χ2n) is 17.5. The maximum atomic E-state index is 11.7. The first-order valence-electron chi connectivity index (χ1n) is 22.3. The highest BCUT2D eigenvalue weighted by molar-refractivity contribution is 6.31. The van der Waals surface area contributed by atoms with Crippen molar-refractivity contribution < 1.29 is 24.9 Å². The Hall–Kier alpha value is -5.71. The van der Waals surface area contributed by atoms with Crippen molar-refractivity contribution in [1.29, 1.82) is 0 Å². The summed E-state index contributed by atoms with van der Waals surface area (Å²) >= 11 is 17.8. The van der Waals surface area contributed by atoms with E-state index in [1.807, 2.05) is 36.4 Å². The van der Waals surface area contributed by atoms with E-state index in [2.05, 4.69) is 45.5 Å². The van der Waals surface area contributed by atoms with Crippen LogP contribution in [-0.4, -0.2) is 59.9 Å². The van der Waals surface area contributed by atoms with Crippen molar-refractivity contribution in [2.75, 3.05) is 0 Å². The summed E-state index contributed by atoms with van der Waals surface area (Å²) in [6, 6.07) is 25.1. The molecule has 5 aromatic rings. The van der Waals surface area contributed by atoms with Crippen molar-refractivity contribution >= 4 is 46.6 Å². The molecule has 3 aliphatic carbocycles. The first kappa shape index (κ1) is 50.7. The Morgan fingerprint density at radius 1 is 0.552 bits per heavy atom. The molecular formula is C54H54Cl3N5O5. The van der Waals surface area contributed by atoms with Gasteiger partial charge in [0.1, 0.15) is 16.8 Å². The van der Waals surface area contributed by atoms with Crippen LogP contribution >= 0.6 is 34.8 Å². The Morgan fingerprint density at radius 3 is 1.25 bits per heavy atom. The van der Waals surface area contributed by atoms with Gasteiger partial charge in [0, 0.05) is 80.1 Å². The van der Waals surface area contributed by atoms with Gasteiger partial charge in [0.2, 0.25) is 11.8 Å². The van der Waals surface area contributed by atoms with E-state index in [9.17, 15) is 24.9 Å². The molecule has 0 unspecified atom stereocenters. The third-order valence-electron chi connectivity index (χ3n) is 12.1. The molecule has 0 radical (unpaired) electrons. The smallest absolute Gasteiger partial charge is 0.249 e. The van der Waals surface area contributed by atoms with Crippen LogP contribution in [0.3, 0.4) is 0 Å². The third kappa shape index (κ3) is 15.1. The van der Waals surface area contributed by atoms with Crippen LogP contribution in [0.4, 0.5) is 0 Å². The molecule has 3 saturated carbocycles. The quantitative estimate of drug-likeness (QED) is 0.0960. The van der Waals surface area contributed by atoms with Crippen molar-refractivity contribution in [2.45, 2.75) is 112 Å². The highest BCUT2D eigenvalue weighted by Crippen LogP contribution is 2.41. The molecule has 2 heterocycles. The number of amides is 2. The molecule has 9 N–H and O–H groups in total. The van der Waals surface area contributed by atoms with Gasteiger partial charge in [0.15, 0.2) is 0 Å². The number of halogens is 3. The SMILES string of the molecule is NC(=O)c1ccncc1[C@@H]1CCC[C@](O)(C#Cc2cccc(Cl)c2)C1.NC(=O)c1ccncc1[C@H]1CCC[C@@](O)(C#Cc2cccc(Cl)c2)C1.N[C@@H]1CCC[C@](O)(C#Cc2cccc(Cl)c2)C1. The largest absolute Gasteiger partial charge is 0.378 e. The molecule has 3 aromatic carbocycles. The second-order valence-corrected chi connectivity index (χ2v) is 18.8. The van der Waals surface area contributed by atoms with Gasteiger partial charge >= 0.3 is 0 Å². The molecule has 0 aliphatic heterocycles. The topological polar surface area (TPSA) is 199 Å². The molecule has 67 heavy (non-hydrogen) atoms. The Kier molecular flexibility index (Phi) is 17.7. The van der Waals surface area contributed by atoms with Crippen molar-refractivity contribution in [3.05, 3.63) is 164 Å². The van der Waals surface area contributed by atoms with Gasteiger partial charge in [-0.05, 0) is 160 Å². The number of benzene rings is 3. The van der Waals surface area contributed by atoms with Gasteiger partial charge in [-0.1, -0.05) is 88.5 Å². The van der Waals surface area contributed by atoms with Gasteiger partial charge < -0.3 is 32.5 Å². The Morgan fingerprint density at radius 2 is 0.910 bits per heavy atom. The van der Waals surface area contributed by atoms with E-state index in [4.69, 9.17) is 52.0 Å². The minimum Gasteiger partial charge on any atom is -0.378 e. The maximum Gasteiger partial charge on any atom is 0.249 e. The van der Waals surface area contributed by atoms with Crippen molar-refractivity contribution in [2.24, 2.45) is 17.2 Å². The van der Waals surface area contributed by atoms with Gasteiger partial charge in [-0.25, -0.2) is 0 Å². The minimum atomic E-state index is -1.10. The van der Waals surface area contributed by atoms with Crippen LogP contribution in [0.5, 0.6) is 0 Å². The summed E-state index contributed by atoms with van der Waals surface area (Å²) in [5.74, 6) is 17.0. The fraction of sp³-hybridized carbons (Fsp3) is 0.333. The first-order valence-corrected chi connectivity index (χ1v) is 23.4. The lowest BCUT2D eigenvalue weighted by Crippen LogP contribution is -2.40. The number of aromatic nitrogens is 2. The van der Waals surface area contributed by atoms with E-state index in [1.54, 1.807) is 73.3 Å². The van der Waals surface area contributed by atoms with Crippen LogP contribution < -0.4 is 17.2 Å². The predicted octanol–water partition coefficient (Wildman–Crippen LogP) is 8.87. The van der Waals surface area contributed by atoms with Crippen LogP contribution in [0.1, 0.15) is 137 Å². The molecule has 8 rings (SSSR count). The zero-order valence-corrected chi connectivity index (χ0v) is 39.3. The van der Waals surface area contributed by atoms with Gasteiger partial charge in [-0.15, -0.1) is 0 Å². The van der Waals surface area contributed by atoms with Crippen molar-refractivity contribution in [1.82, 2.24) is 9.97 Å². The van der Waals surface area contributed by atoms with Crippen LogP contribution in [0.2, 0.25) is 15.1 Å². The Bertz CT molecular complexity index is 2610. The third-order valence-corrected chi connectivity index (χ3v) is 12.8. The van der Waals surface area contributed by atoms with Gasteiger partial charge in [0.25, 0.3) is 0 Å². The number of rotatable bonds is 4. The van der Waals surface area contributed by atoms with Gasteiger partial charge in [0.05, 0.1) is 0 Å². The Labute approximate surface area is 407 Å². The molecule has 3 fully saturated rings. The molecule has 2 amide bonds. The van der Waals surface area contributed by atoms with E-state index in [1.165, 1.54) is 0 Å². The minimum absolute atomic E-state index is 0.00334. The van der Waals surface area contributed by atoms with Crippen molar-refractivity contribution in [3.8, 4) is 35.5 Å². The standard InChI is InChI=1S/2C20H19ClN2O2.C14H16ClNO/c2*21-16-5-1-3-14(11-16)6-9-20(25)8-2-4-15(12-20)18-13-23-10-7-17(18)19(22)24;15-12-4-1-3-11(9-12)6-8-14(17)7-2-5-13(16)10-14/h2*1,3,5,7,10-11,13,15,25H,2,4,8,12H2,(H2,22,24);1,3-4,9,13,17H,2,5,7,10,16H2/t2*15-,20+;13-,14+/m101/s1. The fourth-order valence-corrected chi connectivity index (χ4v) is 9.42. The summed E-state index contributed by atoms with van der Waals surface area (Å²) in [5.41, 5.74) is 18.5. The normalized spacial score (nSPS) is 24.1. The number of nitrogens with zero attached hydrogens (tertiary/aromatic N) is 2. The monoisotopic (exact) mass is 957 g/mol. The summed E-state index contributed by atoms with van der Waals surface area (Å²) < 4.78 is 0. The summed E-state index contributed by atoms with van der Waals surface area (Å²) in [4.78, 5) is 31.5. The zero-order chi connectivity index (χ0) is 48.0. The highest BCUT2D eigenvalue weighted by Gasteiger charge is 2.36. The van der Waals surface area contributed by atoms with Crippen molar-refractivity contribution in [3.63, 3.8) is 0 Å². The summed E-state index contributed by atoms with van der Waals surface area (Å²) in [6.45, 7) is 0. The number of primary amides is 2. The summed E-state index contributed by atoms with van der Waals surface area (Å²) in [7, 11) is 0. The van der Waals surface area contributed by atoms with Gasteiger partial charge in [-0.3, -0.25) is 19.6 Å². The molecule has 6 atom stereocenters. The number of hydrogen-bond acceptors (Lipinski definition) is 8. The first-order chi connectivity index (χ1) is 32.0. The van der Waals surface area contributed by atoms with Crippen LogP contribution in [0, 0.1) is 35.5 Å². The Balaban J connectivity index is 0.000000169. The number of hydrogen-bond donors (Lipinski definition) is 6. The predicted molar refractivity (Wildman–Crippen MR) is 264 cm³/mol. The number of carbonyl (C=O) groups is 2. The van der Waals surface area contributed by atoms with Gasteiger partial charge in [-0.2, -0.15) is 0 Å². The molecule has 0 saturated heterocycles. The fourth-order valence-electron chi connectivity index (χ4n) is 8.85. The molecule has 346 valence electrons. The molecule has 2 aromatic heterocycles. The maximum absolute atomic E-state index is 11.7. The van der Waals surface area contributed by atoms with E-state index >= 15 is 0 Å². The number of nitrogens with two attached hydrogens (primary N) is 3. The molecular weight excluding hydrogens is 905 g/mol. The average molecular weight is 959 g/mol. The lowest BCUT2D eigenvalue weighted by Gasteiger charge is -2.33. The van der Waals surface area contributed by atoms with Crippen LogP contribution in [0.25, 0.3) is 0 Å². The summed E-state index contributed by atoms with van der Waals surface area (Å²) in [5, 5.41) is 34.0. The lowest BCUT2D eigenvalue weighted by atomic mass is 9.74. The van der Waals surface area contributed by atoms with E-state index in [0.29, 0.717) is 64.7 Å².